The second-order valence-corrected chi connectivity index (χ2v) is 6.79. The van der Waals surface area contributed by atoms with Crippen molar-refractivity contribution in [3.05, 3.63) is 29.8 Å². The Morgan fingerprint density at radius 3 is 2.64 bits per heavy atom. The van der Waals surface area contributed by atoms with Gasteiger partial charge in [-0.3, -0.25) is 4.79 Å². The number of urea groups is 1. The number of benzene rings is 1. The maximum absolute atomic E-state index is 12.5. The van der Waals surface area contributed by atoms with E-state index in [4.69, 9.17) is 0 Å². The van der Waals surface area contributed by atoms with Gasteiger partial charge in [0.15, 0.2) is 0 Å². The molecule has 2 aliphatic rings. The number of aryl methyl sites for hydroxylation is 1. The summed E-state index contributed by atoms with van der Waals surface area (Å²) in [4.78, 5) is 30.0. The zero-order chi connectivity index (χ0) is 15.9. The van der Waals surface area contributed by atoms with Gasteiger partial charge >= 0.3 is 6.03 Å². The SMILES string of the molecule is Cc1ccccc1N1CC2(CCN(C(=O)N(C)C)C2)CC1=O. The van der Waals surface area contributed by atoms with Crippen LogP contribution in [0.4, 0.5) is 10.5 Å². The lowest BCUT2D eigenvalue weighted by Crippen LogP contribution is -2.39. The summed E-state index contributed by atoms with van der Waals surface area (Å²) in [5.41, 5.74) is 2.04. The van der Waals surface area contributed by atoms with Crippen LogP contribution < -0.4 is 4.90 Å². The van der Waals surface area contributed by atoms with Crippen molar-refractivity contribution in [1.29, 1.82) is 0 Å². The monoisotopic (exact) mass is 301 g/mol. The first-order valence-electron chi connectivity index (χ1n) is 7.74. The fraction of sp³-hybridized carbons (Fsp3) is 0.529. The summed E-state index contributed by atoms with van der Waals surface area (Å²) >= 11 is 0. The van der Waals surface area contributed by atoms with E-state index in [1.165, 1.54) is 0 Å². The maximum atomic E-state index is 12.5. The van der Waals surface area contributed by atoms with E-state index in [1.54, 1.807) is 19.0 Å². The molecular weight excluding hydrogens is 278 g/mol. The van der Waals surface area contributed by atoms with Crippen molar-refractivity contribution in [3.63, 3.8) is 0 Å². The Morgan fingerprint density at radius 1 is 1.23 bits per heavy atom. The van der Waals surface area contributed by atoms with Gasteiger partial charge in [-0.15, -0.1) is 0 Å². The number of hydrogen-bond donors (Lipinski definition) is 0. The first-order valence-corrected chi connectivity index (χ1v) is 7.74. The van der Waals surface area contributed by atoms with Gasteiger partial charge in [0.25, 0.3) is 0 Å². The Bertz CT molecular complexity index is 614. The first kappa shape index (κ1) is 14.9. The molecule has 1 aromatic carbocycles. The van der Waals surface area contributed by atoms with E-state index in [2.05, 4.69) is 0 Å². The van der Waals surface area contributed by atoms with Crippen LogP contribution in [0.3, 0.4) is 0 Å². The van der Waals surface area contributed by atoms with Crippen molar-refractivity contribution in [1.82, 2.24) is 9.80 Å². The molecule has 22 heavy (non-hydrogen) atoms. The van der Waals surface area contributed by atoms with Gasteiger partial charge in [0.1, 0.15) is 0 Å². The van der Waals surface area contributed by atoms with E-state index in [-0.39, 0.29) is 17.4 Å². The number of carbonyl (C=O) groups is 2. The second-order valence-electron chi connectivity index (χ2n) is 6.79. The summed E-state index contributed by atoms with van der Waals surface area (Å²) in [5.74, 6) is 0.174. The summed E-state index contributed by atoms with van der Waals surface area (Å²) in [5, 5.41) is 0. The molecular formula is C17H23N3O2. The molecule has 0 bridgehead atoms. The third-order valence-electron chi connectivity index (χ3n) is 4.82. The van der Waals surface area contributed by atoms with Gasteiger partial charge < -0.3 is 14.7 Å². The van der Waals surface area contributed by atoms with Gasteiger partial charge in [-0.1, -0.05) is 18.2 Å². The molecule has 1 aromatic rings. The van der Waals surface area contributed by atoms with Crippen LogP contribution in [0.2, 0.25) is 0 Å². The van der Waals surface area contributed by atoms with E-state index < -0.39 is 0 Å². The number of amides is 3. The van der Waals surface area contributed by atoms with Crippen LogP contribution in [0.1, 0.15) is 18.4 Å². The minimum Gasteiger partial charge on any atom is -0.331 e. The Hall–Kier alpha value is -2.04. The third kappa shape index (κ3) is 2.45. The molecule has 3 rings (SSSR count). The fourth-order valence-corrected chi connectivity index (χ4v) is 3.64. The van der Waals surface area contributed by atoms with E-state index in [9.17, 15) is 9.59 Å². The molecule has 5 nitrogen and oxygen atoms in total. The van der Waals surface area contributed by atoms with Gasteiger partial charge in [0.05, 0.1) is 0 Å². The highest BCUT2D eigenvalue weighted by molar-refractivity contribution is 5.97. The highest BCUT2D eigenvalue weighted by atomic mass is 16.2. The Labute approximate surface area is 131 Å². The van der Waals surface area contributed by atoms with E-state index >= 15 is 0 Å². The third-order valence-corrected chi connectivity index (χ3v) is 4.82. The molecule has 2 aliphatic heterocycles. The number of hydrogen-bond acceptors (Lipinski definition) is 2. The maximum Gasteiger partial charge on any atom is 0.319 e. The van der Waals surface area contributed by atoms with Crippen LogP contribution in [0.5, 0.6) is 0 Å². The minimum atomic E-state index is -0.0783. The molecule has 2 saturated heterocycles. The molecule has 3 amide bonds. The highest BCUT2D eigenvalue weighted by Gasteiger charge is 2.49. The smallest absolute Gasteiger partial charge is 0.319 e. The summed E-state index contributed by atoms with van der Waals surface area (Å²) in [6.07, 6.45) is 1.44. The second kappa shape index (κ2) is 5.30. The van der Waals surface area contributed by atoms with Crippen molar-refractivity contribution in [3.8, 4) is 0 Å². The largest absolute Gasteiger partial charge is 0.331 e. The lowest BCUT2D eigenvalue weighted by molar-refractivity contribution is -0.117. The lowest BCUT2D eigenvalue weighted by atomic mass is 9.86. The number of likely N-dealkylation sites (tertiary alicyclic amines) is 1. The molecule has 0 aliphatic carbocycles. The van der Waals surface area contributed by atoms with Crippen molar-refractivity contribution in [2.24, 2.45) is 5.41 Å². The van der Waals surface area contributed by atoms with Crippen LogP contribution in [-0.4, -0.2) is 55.5 Å². The quantitative estimate of drug-likeness (QED) is 0.797. The standard InChI is InChI=1S/C17H23N3O2/c1-13-6-4-5-7-14(13)20-12-17(10-15(20)21)8-9-19(11-17)16(22)18(2)3/h4-7H,8-12H2,1-3H3. The van der Waals surface area contributed by atoms with Crippen LogP contribution in [-0.2, 0) is 4.79 Å². The van der Waals surface area contributed by atoms with Crippen LogP contribution in [0, 0.1) is 12.3 Å². The lowest BCUT2D eigenvalue weighted by Gasteiger charge is -2.26. The number of carbonyl (C=O) groups excluding carboxylic acids is 2. The first-order chi connectivity index (χ1) is 10.4. The number of para-hydroxylation sites is 1. The van der Waals surface area contributed by atoms with Crippen LogP contribution >= 0.6 is 0 Å². The normalized spacial score (nSPS) is 24.4. The predicted molar refractivity (Wildman–Crippen MR) is 85.9 cm³/mol. The molecule has 2 heterocycles. The summed E-state index contributed by atoms with van der Waals surface area (Å²) in [7, 11) is 3.54. The minimum absolute atomic E-state index is 0.0404. The molecule has 1 atom stereocenters. The van der Waals surface area contributed by atoms with Crippen molar-refractivity contribution in [2.45, 2.75) is 19.8 Å². The van der Waals surface area contributed by atoms with Crippen molar-refractivity contribution >= 4 is 17.6 Å². The fourth-order valence-electron chi connectivity index (χ4n) is 3.64. The van der Waals surface area contributed by atoms with Gasteiger partial charge in [-0.25, -0.2) is 4.79 Å². The number of nitrogens with zero attached hydrogens (tertiary/aromatic N) is 3. The Morgan fingerprint density at radius 2 is 1.95 bits per heavy atom. The van der Waals surface area contributed by atoms with Gasteiger partial charge in [0, 0.05) is 51.3 Å². The zero-order valence-corrected chi connectivity index (χ0v) is 13.5. The average molecular weight is 301 g/mol. The molecule has 1 unspecified atom stereocenters. The van der Waals surface area contributed by atoms with E-state index in [0.717, 1.165) is 24.2 Å². The van der Waals surface area contributed by atoms with Gasteiger partial charge in [-0.05, 0) is 25.0 Å². The zero-order valence-electron chi connectivity index (χ0n) is 13.5. The highest BCUT2D eigenvalue weighted by Crippen LogP contribution is 2.42. The molecule has 1 spiro atoms. The average Bonchev–Trinajstić information content (AvgIpc) is 3.02. The Balaban J connectivity index is 1.78. The van der Waals surface area contributed by atoms with Gasteiger partial charge in [0.2, 0.25) is 5.91 Å². The van der Waals surface area contributed by atoms with E-state index in [1.807, 2.05) is 41.0 Å². The van der Waals surface area contributed by atoms with Crippen molar-refractivity contribution in [2.75, 3.05) is 38.6 Å². The summed E-state index contributed by atoms with van der Waals surface area (Å²) < 4.78 is 0. The number of anilines is 1. The van der Waals surface area contributed by atoms with E-state index in [0.29, 0.717) is 19.5 Å². The molecule has 0 saturated carbocycles. The van der Waals surface area contributed by atoms with Crippen LogP contribution in [0.15, 0.2) is 24.3 Å². The molecule has 0 N–H and O–H groups in total. The number of rotatable bonds is 1. The molecule has 2 fully saturated rings. The summed E-state index contributed by atoms with van der Waals surface area (Å²) in [6.45, 7) is 4.17. The molecule has 0 radical (unpaired) electrons. The molecule has 0 aromatic heterocycles. The summed E-state index contributed by atoms with van der Waals surface area (Å²) in [6, 6.07) is 8.03. The Kier molecular flexibility index (Phi) is 3.59. The van der Waals surface area contributed by atoms with Crippen molar-refractivity contribution < 1.29 is 9.59 Å². The molecule has 118 valence electrons. The topological polar surface area (TPSA) is 43.9 Å². The molecule has 5 heteroatoms. The van der Waals surface area contributed by atoms with Gasteiger partial charge in [-0.2, -0.15) is 0 Å². The predicted octanol–water partition coefficient (Wildman–Crippen LogP) is 2.11. The van der Waals surface area contributed by atoms with Crippen LogP contribution in [0.25, 0.3) is 0 Å².